The molecule has 0 amide bonds. The molecule has 0 aliphatic heterocycles. The summed E-state index contributed by atoms with van der Waals surface area (Å²) < 4.78 is 1.09. The number of nitrogens with one attached hydrogen (secondary N) is 1. The second kappa shape index (κ2) is 4.64. The van der Waals surface area contributed by atoms with Gasteiger partial charge in [0.25, 0.3) is 0 Å². The molecule has 0 aliphatic rings. The van der Waals surface area contributed by atoms with Crippen molar-refractivity contribution in [3.63, 3.8) is 0 Å². The van der Waals surface area contributed by atoms with E-state index < -0.39 is 0 Å². The summed E-state index contributed by atoms with van der Waals surface area (Å²) in [6, 6.07) is 12.4. The molecule has 2 nitrogen and oxygen atoms in total. The first kappa shape index (κ1) is 10.5. The highest BCUT2D eigenvalue weighted by molar-refractivity contribution is 9.10. The van der Waals surface area contributed by atoms with E-state index in [2.05, 4.69) is 45.5 Å². The Hall–Kier alpha value is -1.06. The molecule has 0 bridgehead atoms. The van der Waals surface area contributed by atoms with Crippen molar-refractivity contribution in [2.75, 3.05) is 18.5 Å². The Balaban J connectivity index is 2.34. The van der Waals surface area contributed by atoms with Crippen LogP contribution < -0.4 is 5.32 Å². The number of aliphatic hydroxyl groups is 1. The van der Waals surface area contributed by atoms with Crippen molar-refractivity contribution in [3.8, 4) is 0 Å². The summed E-state index contributed by atoms with van der Waals surface area (Å²) in [5.74, 6) is 0. The van der Waals surface area contributed by atoms with Crippen LogP contribution in [0, 0.1) is 0 Å². The topological polar surface area (TPSA) is 32.3 Å². The van der Waals surface area contributed by atoms with E-state index in [1.165, 1.54) is 10.8 Å². The standard InChI is InChI=1S/C12H12BrNO/c13-11-3-1-10-8-12(14-5-6-15)4-2-9(10)7-11/h1-4,7-8,14-15H,5-6H2. The van der Waals surface area contributed by atoms with Crippen molar-refractivity contribution in [2.24, 2.45) is 0 Å². The largest absolute Gasteiger partial charge is 0.395 e. The number of hydrogen-bond acceptors (Lipinski definition) is 2. The van der Waals surface area contributed by atoms with E-state index in [1.54, 1.807) is 0 Å². The van der Waals surface area contributed by atoms with E-state index >= 15 is 0 Å². The van der Waals surface area contributed by atoms with E-state index in [9.17, 15) is 0 Å². The van der Waals surface area contributed by atoms with Gasteiger partial charge in [-0.25, -0.2) is 0 Å². The minimum atomic E-state index is 0.151. The molecule has 0 radical (unpaired) electrons. The Kier molecular flexibility index (Phi) is 3.23. The Morgan fingerprint density at radius 2 is 1.80 bits per heavy atom. The van der Waals surface area contributed by atoms with Gasteiger partial charge in [0.1, 0.15) is 0 Å². The molecule has 2 aromatic carbocycles. The number of rotatable bonds is 3. The first-order valence-electron chi connectivity index (χ1n) is 4.83. The summed E-state index contributed by atoms with van der Waals surface area (Å²) in [5, 5.41) is 14.3. The summed E-state index contributed by atoms with van der Waals surface area (Å²) in [7, 11) is 0. The second-order valence-electron chi connectivity index (χ2n) is 3.36. The first-order chi connectivity index (χ1) is 7.29. The van der Waals surface area contributed by atoms with Gasteiger partial charge in [0.15, 0.2) is 0 Å². The minimum Gasteiger partial charge on any atom is -0.395 e. The zero-order chi connectivity index (χ0) is 10.7. The van der Waals surface area contributed by atoms with Crippen molar-refractivity contribution >= 4 is 32.4 Å². The zero-order valence-corrected chi connectivity index (χ0v) is 9.79. The Labute approximate surface area is 97.1 Å². The van der Waals surface area contributed by atoms with E-state index in [1.807, 2.05) is 12.1 Å². The third-order valence-electron chi connectivity index (χ3n) is 2.24. The fraction of sp³-hybridized carbons (Fsp3) is 0.167. The van der Waals surface area contributed by atoms with E-state index in [-0.39, 0.29) is 6.61 Å². The summed E-state index contributed by atoms with van der Waals surface area (Å²) >= 11 is 3.44. The molecule has 0 unspecified atom stereocenters. The van der Waals surface area contributed by atoms with Crippen molar-refractivity contribution in [2.45, 2.75) is 0 Å². The predicted octanol–water partition coefficient (Wildman–Crippen LogP) is 3.01. The highest BCUT2D eigenvalue weighted by atomic mass is 79.9. The molecule has 3 heteroatoms. The molecule has 2 aromatic rings. The molecule has 15 heavy (non-hydrogen) atoms. The molecule has 0 fully saturated rings. The molecule has 0 atom stereocenters. The minimum absolute atomic E-state index is 0.151. The maximum absolute atomic E-state index is 8.71. The molecule has 0 aromatic heterocycles. The SMILES string of the molecule is OCCNc1ccc2cc(Br)ccc2c1. The quantitative estimate of drug-likeness (QED) is 0.895. The van der Waals surface area contributed by atoms with Gasteiger partial charge in [-0.2, -0.15) is 0 Å². The fourth-order valence-electron chi connectivity index (χ4n) is 1.53. The predicted molar refractivity (Wildman–Crippen MR) is 67.2 cm³/mol. The average molecular weight is 266 g/mol. The summed E-state index contributed by atoms with van der Waals surface area (Å²) in [4.78, 5) is 0. The molecule has 2 rings (SSSR count). The number of benzene rings is 2. The number of anilines is 1. The lowest BCUT2D eigenvalue weighted by Gasteiger charge is -2.06. The molecule has 78 valence electrons. The zero-order valence-electron chi connectivity index (χ0n) is 8.20. The molecule has 0 aliphatic carbocycles. The van der Waals surface area contributed by atoms with Crippen LogP contribution >= 0.6 is 15.9 Å². The van der Waals surface area contributed by atoms with Crippen LogP contribution in [0.3, 0.4) is 0 Å². The fourth-order valence-corrected chi connectivity index (χ4v) is 1.91. The van der Waals surface area contributed by atoms with Crippen LogP contribution in [0.5, 0.6) is 0 Å². The molecular weight excluding hydrogens is 254 g/mol. The van der Waals surface area contributed by atoms with Crippen LogP contribution in [0.4, 0.5) is 5.69 Å². The van der Waals surface area contributed by atoms with Crippen LogP contribution in [0.25, 0.3) is 10.8 Å². The highest BCUT2D eigenvalue weighted by Crippen LogP contribution is 2.22. The van der Waals surface area contributed by atoms with Crippen molar-refractivity contribution < 1.29 is 5.11 Å². The van der Waals surface area contributed by atoms with Gasteiger partial charge in [0.05, 0.1) is 6.61 Å². The van der Waals surface area contributed by atoms with Gasteiger partial charge in [-0.05, 0) is 35.0 Å². The Bertz CT molecular complexity index is 470. The van der Waals surface area contributed by atoms with Gasteiger partial charge < -0.3 is 10.4 Å². The second-order valence-corrected chi connectivity index (χ2v) is 4.27. The van der Waals surface area contributed by atoms with Gasteiger partial charge in [0.2, 0.25) is 0 Å². The van der Waals surface area contributed by atoms with Crippen LogP contribution in [-0.4, -0.2) is 18.3 Å². The maximum atomic E-state index is 8.71. The highest BCUT2D eigenvalue weighted by Gasteiger charge is 1.96. The van der Waals surface area contributed by atoms with Gasteiger partial charge in [-0.15, -0.1) is 0 Å². The third-order valence-corrected chi connectivity index (χ3v) is 2.74. The lowest BCUT2D eigenvalue weighted by molar-refractivity contribution is 0.311. The summed E-state index contributed by atoms with van der Waals surface area (Å²) in [6.07, 6.45) is 0. The lowest BCUT2D eigenvalue weighted by atomic mass is 10.1. The lowest BCUT2D eigenvalue weighted by Crippen LogP contribution is -2.04. The van der Waals surface area contributed by atoms with Crippen LogP contribution in [0.15, 0.2) is 40.9 Å². The van der Waals surface area contributed by atoms with Crippen molar-refractivity contribution in [3.05, 3.63) is 40.9 Å². The molecular formula is C12H12BrNO. The van der Waals surface area contributed by atoms with Crippen LogP contribution in [0.2, 0.25) is 0 Å². The first-order valence-corrected chi connectivity index (χ1v) is 5.63. The Morgan fingerprint density at radius 1 is 1.07 bits per heavy atom. The Morgan fingerprint density at radius 3 is 2.60 bits per heavy atom. The van der Waals surface area contributed by atoms with Gasteiger partial charge in [-0.1, -0.05) is 28.1 Å². The van der Waals surface area contributed by atoms with Gasteiger partial charge in [-0.3, -0.25) is 0 Å². The van der Waals surface area contributed by atoms with Crippen molar-refractivity contribution in [1.82, 2.24) is 0 Å². The number of hydrogen-bond donors (Lipinski definition) is 2. The third kappa shape index (κ3) is 2.49. The normalized spacial score (nSPS) is 10.5. The van der Waals surface area contributed by atoms with Crippen molar-refractivity contribution in [1.29, 1.82) is 0 Å². The molecule has 0 saturated heterocycles. The molecule has 0 saturated carbocycles. The molecule has 0 heterocycles. The van der Waals surface area contributed by atoms with Gasteiger partial charge in [0, 0.05) is 16.7 Å². The van der Waals surface area contributed by atoms with Crippen LogP contribution in [-0.2, 0) is 0 Å². The number of fused-ring (bicyclic) bond motifs is 1. The maximum Gasteiger partial charge on any atom is 0.0604 e. The smallest absolute Gasteiger partial charge is 0.0604 e. The monoisotopic (exact) mass is 265 g/mol. The van der Waals surface area contributed by atoms with E-state index in [4.69, 9.17) is 5.11 Å². The average Bonchev–Trinajstić information content (AvgIpc) is 2.26. The van der Waals surface area contributed by atoms with Crippen LogP contribution in [0.1, 0.15) is 0 Å². The molecule has 2 N–H and O–H groups in total. The number of aliphatic hydroxyl groups excluding tert-OH is 1. The summed E-state index contributed by atoms with van der Waals surface area (Å²) in [5.41, 5.74) is 1.04. The summed E-state index contributed by atoms with van der Waals surface area (Å²) in [6.45, 7) is 0.737. The molecule has 0 spiro atoms. The van der Waals surface area contributed by atoms with Gasteiger partial charge >= 0.3 is 0 Å². The van der Waals surface area contributed by atoms with E-state index in [0.717, 1.165) is 10.2 Å². The van der Waals surface area contributed by atoms with E-state index in [0.29, 0.717) is 6.54 Å². The number of halogens is 1.